The Kier molecular flexibility index (Phi) is 5.42. The minimum atomic E-state index is -0.334. The van der Waals surface area contributed by atoms with Gasteiger partial charge < -0.3 is 15.5 Å². The van der Waals surface area contributed by atoms with Crippen LogP contribution in [-0.4, -0.2) is 42.4 Å². The number of amides is 2. The molecule has 1 atom stereocenters. The van der Waals surface area contributed by atoms with E-state index in [1.54, 1.807) is 4.90 Å². The van der Waals surface area contributed by atoms with E-state index in [1.165, 1.54) is 5.56 Å². The lowest BCUT2D eigenvalue weighted by molar-refractivity contribution is -0.136. The van der Waals surface area contributed by atoms with Gasteiger partial charge in [-0.25, -0.2) is 0 Å². The van der Waals surface area contributed by atoms with Crippen molar-refractivity contribution in [1.29, 1.82) is 0 Å². The standard InChI is InChI=1S/C20H29N3O2/c1-15-3-5-16(6-4-15)13-23-17(7-8-18(23)24)19(25)22-14-20(2)9-11-21-12-10-20/h3-6,17,21H,7-14H2,1-2H3,(H,22,25). The molecule has 0 saturated carbocycles. The molecule has 1 aromatic rings. The molecule has 2 heterocycles. The topological polar surface area (TPSA) is 61.4 Å². The SMILES string of the molecule is Cc1ccc(CN2C(=O)CCC2C(=O)NCC2(C)CCNCC2)cc1. The first-order valence-electron chi connectivity index (χ1n) is 9.30. The van der Waals surface area contributed by atoms with Gasteiger partial charge in [0.15, 0.2) is 0 Å². The van der Waals surface area contributed by atoms with Gasteiger partial charge in [-0.05, 0) is 50.3 Å². The third kappa shape index (κ3) is 4.40. The van der Waals surface area contributed by atoms with Crippen molar-refractivity contribution >= 4 is 11.8 Å². The molecule has 2 aliphatic heterocycles. The van der Waals surface area contributed by atoms with Crippen molar-refractivity contribution in [1.82, 2.24) is 15.5 Å². The minimum Gasteiger partial charge on any atom is -0.354 e. The van der Waals surface area contributed by atoms with Gasteiger partial charge in [0.05, 0.1) is 0 Å². The maximum absolute atomic E-state index is 12.7. The number of aryl methyl sites for hydroxylation is 1. The normalized spacial score (nSPS) is 22.9. The van der Waals surface area contributed by atoms with Crippen molar-refractivity contribution in [2.75, 3.05) is 19.6 Å². The van der Waals surface area contributed by atoms with Crippen LogP contribution in [0, 0.1) is 12.3 Å². The van der Waals surface area contributed by atoms with Gasteiger partial charge in [0.2, 0.25) is 11.8 Å². The Morgan fingerprint density at radius 3 is 2.64 bits per heavy atom. The summed E-state index contributed by atoms with van der Waals surface area (Å²) in [6.07, 6.45) is 3.23. The Hall–Kier alpha value is -1.88. The van der Waals surface area contributed by atoms with Crippen LogP contribution in [0.4, 0.5) is 0 Å². The average molecular weight is 343 g/mol. The molecule has 2 fully saturated rings. The predicted molar refractivity (Wildman–Crippen MR) is 98.0 cm³/mol. The van der Waals surface area contributed by atoms with E-state index in [-0.39, 0.29) is 23.3 Å². The summed E-state index contributed by atoms with van der Waals surface area (Å²) < 4.78 is 0. The van der Waals surface area contributed by atoms with Crippen LogP contribution in [0.5, 0.6) is 0 Å². The summed E-state index contributed by atoms with van der Waals surface area (Å²) >= 11 is 0. The summed E-state index contributed by atoms with van der Waals surface area (Å²) in [5.74, 6) is 0.0755. The highest BCUT2D eigenvalue weighted by molar-refractivity contribution is 5.90. The minimum absolute atomic E-state index is 0.00211. The molecule has 3 rings (SSSR count). The van der Waals surface area contributed by atoms with Gasteiger partial charge >= 0.3 is 0 Å². The zero-order valence-electron chi connectivity index (χ0n) is 15.3. The molecule has 0 radical (unpaired) electrons. The summed E-state index contributed by atoms with van der Waals surface area (Å²) in [6.45, 7) is 7.50. The van der Waals surface area contributed by atoms with Gasteiger partial charge in [0.25, 0.3) is 0 Å². The lowest BCUT2D eigenvalue weighted by Gasteiger charge is -2.35. The van der Waals surface area contributed by atoms with Crippen molar-refractivity contribution in [3.05, 3.63) is 35.4 Å². The average Bonchev–Trinajstić information content (AvgIpc) is 2.96. The molecule has 1 unspecified atom stereocenters. The van der Waals surface area contributed by atoms with E-state index in [0.29, 0.717) is 25.9 Å². The van der Waals surface area contributed by atoms with Crippen molar-refractivity contribution in [2.24, 2.45) is 5.41 Å². The molecule has 2 aliphatic rings. The summed E-state index contributed by atoms with van der Waals surface area (Å²) in [5, 5.41) is 6.48. The molecule has 0 aliphatic carbocycles. The lowest BCUT2D eigenvalue weighted by Crippen LogP contribution is -2.48. The summed E-state index contributed by atoms with van der Waals surface area (Å²) in [7, 11) is 0. The quantitative estimate of drug-likeness (QED) is 0.859. The van der Waals surface area contributed by atoms with Crippen LogP contribution in [0.15, 0.2) is 24.3 Å². The van der Waals surface area contributed by atoms with E-state index in [4.69, 9.17) is 0 Å². The Balaban J connectivity index is 1.60. The molecular formula is C20H29N3O2. The number of hydrogen-bond donors (Lipinski definition) is 2. The number of hydrogen-bond acceptors (Lipinski definition) is 3. The molecule has 2 N–H and O–H groups in total. The second-order valence-corrected chi connectivity index (χ2v) is 7.84. The molecule has 5 nitrogen and oxygen atoms in total. The molecule has 2 amide bonds. The molecule has 0 bridgehead atoms. The van der Waals surface area contributed by atoms with Crippen LogP contribution in [0.3, 0.4) is 0 Å². The van der Waals surface area contributed by atoms with Gasteiger partial charge in [-0.2, -0.15) is 0 Å². The fourth-order valence-corrected chi connectivity index (χ4v) is 3.72. The molecule has 136 valence electrons. The molecule has 2 saturated heterocycles. The Morgan fingerprint density at radius 1 is 1.28 bits per heavy atom. The second kappa shape index (κ2) is 7.56. The largest absolute Gasteiger partial charge is 0.354 e. The van der Waals surface area contributed by atoms with E-state index in [2.05, 4.69) is 17.6 Å². The van der Waals surface area contributed by atoms with Crippen LogP contribution in [-0.2, 0) is 16.1 Å². The molecule has 5 heteroatoms. The number of nitrogens with zero attached hydrogens (tertiary/aromatic N) is 1. The molecule has 0 aromatic heterocycles. The van der Waals surface area contributed by atoms with Gasteiger partial charge in [-0.15, -0.1) is 0 Å². The number of benzene rings is 1. The monoisotopic (exact) mass is 343 g/mol. The maximum atomic E-state index is 12.7. The van der Waals surface area contributed by atoms with E-state index in [0.717, 1.165) is 31.5 Å². The van der Waals surface area contributed by atoms with Crippen LogP contribution < -0.4 is 10.6 Å². The van der Waals surface area contributed by atoms with Crippen LogP contribution >= 0.6 is 0 Å². The van der Waals surface area contributed by atoms with Crippen LogP contribution in [0.2, 0.25) is 0 Å². The molecule has 25 heavy (non-hydrogen) atoms. The Morgan fingerprint density at radius 2 is 1.96 bits per heavy atom. The first-order chi connectivity index (χ1) is 12.0. The van der Waals surface area contributed by atoms with E-state index in [9.17, 15) is 9.59 Å². The zero-order chi connectivity index (χ0) is 17.9. The van der Waals surface area contributed by atoms with Gasteiger partial charge in [0.1, 0.15) is 6.04 Å². The first kappa shape index (κ1) is 17.9. The Bertz CT molecular complexity index is 620. The van der Waals surface area contributed by atoms with Gasteiger partial charge in [-0.3, -0.25) is 9.59 Å². The number of piperidine rings is 1. The van der Waals surface area contributed by atoms with Crippen molar-refractivity contribution in [3.63, 3.8) is 0 Å². The fourth-order valence-electron chi connectivity index (χ4n) is 3.72. The van der Waals surface area contributed by atoms with Crippen molar-refractivity contribution in [3.8, 4) is 0 Å². The number of carbonyl (C=O) groups is 2. The highest BCUT2D eigenvalue weighted by atomic mass is 16.2. The summed E-state index contributed by atoms with van der Waals surface area (Å²) in [5.41, 5.74) is 2.43. The van der Waals surface area contributed by atoms with E-state index >= 15 is 0 Å². The van der Waals surface area contributed by atoms with Crippen molar-refractivity contribution in [2.45, 2.75) is 52.1 Å². The second-order valence-electron chi connectivity index (χ2n) is 7.84. The highest BCUT2D eigenvalue weighted by Crippen LogP contribution is 2.27. The summed E-state index contributed by atoms with van der Waals surface area (Å²) in [6, 6.07) is 7.82. The number of nitrogens with one attached hydrogen (secondary N) is 2. The maximum Gasteiger partial charge on any atom is 0.242 e. The third-order valence-corrected chi connectivity index (χ3v) is 5.60. The molecule has 1 aromatic carbocycles. The molecule has 0 spiro atoms. The van der Waals surface area contributed by atoms with Gasteiger partial charge in [-0.1, -0.05) is 36.8 Å². The van der Waals surface area contributed by atoms with Crippen LogP contribution in [0.1, 0.15) is 43.7 Å². The smallest absolute Gasteiger partial charge is 0.242 e. The van der Waals surface area contributed by atoms with Crippen LogP contribution in [0.25, 0.3) is 0 Å². The Labute approximate surface area is 150 Å². The predicted octanol–water partition coefficient (Wildman–Crippen LogP) is 1.99. The molecular weight excluding hydrogens is 314 g/mol. The number of carbonyl (C=O) groups excluding carboxylic acids is 2. The lowest BCUT2D eigenvalue weighted by atomic mass is 9.81. The summed E-state index contributed by atoms with van der Waals surface area (Å²) in [4.78, 5) is 26.7. The van der Waals surface area contributed by atoms with Crippen molar-refractivity contribution < 1.29 is 9.59 Å². The highest BCUT2D eigenvalue weighted by Gasteiger charge is 2.37. The van der Waals surface area contributed by atoms with E-state index < -0.39 is 0 Å². The third-order valence-electron chi connectivity index (χ3n) is 5.60. The van der Waals surface area contributed by atoms with Gasteiger partial charge in [0, 0.05) is 19.5 Å². The zero-order valence-corrected chi connectivity index (χ0v) is 15.3. The number of rotatable bonds is 5. The fraction of sp³-hybridized carbons (Fsp3) is 0.600. The van der Waals surface area contributed by atoms with E-state index in [1.807, 2.05) is 31.2 Å². The number of likely N-dealkylation sites (tertiary alicyclic amines) is 1. The first-order valence-corrected chi connectivity index (χ1v) is 9.30.